The van der Waals surface area contributed by atoms with Crippen LogP contribution in [0.15, 0.2) is 28.7 Å². The minimum absolute atomic E-state index is 0.283. The summed E-state index contributed by atoms with van der Waals surface area (Å²) >= 11 is 3.31. The van der Waals surface area contributed by atoms with Gasteiger partial charge in [0.05, 0.1) is 8.07 Å². The lowest BCUT2D eigenvalue weighted by atomic mass is 10.1. The van der Waals surface area contributed by atoms with Crippen molar-refractivity contribution in [2.75, 3.05) is 12.8 Å². The number of ketones is 1. The highest BCUT2D eigenvalue weighted by Crippen LogP contribution is 2.29. The van der Waals surface area contributed by atoms with E-state index in [1.54, 1.807) is 45.0 Å². The van der Waals surface area contributed by atoms with E-state index in [0.29, 0.717) is 17.8 Å². The Morgan fingerprint density at radius 2 is 1.78 bits per heavy atom. The lowest BCUT2D eigenvalue weighted by Crippen LogP contribution is -2.44. The number of halogens is 1. The Labute approximate surface area is 169 Å². The molecule has 0 aromatic heterocycles. The molecule has 1 atom stereocenters. The molecule has 1 amide bonds. The summed E-state index contributed by atoms with van der Waals surface area (Å²) in [7, 11) is -1.76. The van der Waals surface area contributed by atoms with Gasteiger partial charge < -0.3 is 9.47 Å². The molecule has 1 aromatic rings. The maximum absolute atomic E-state index is 12.6. The van der Waals surface area contributed by atoms with Crippen LogP contribution in [0.1, 0.15) is 31.1 Å². The van der Waals surface area contributed by atoms with Gasteiger partial charge in [0.25, 0.3) is 0 Å². The summed E-state index contributed by atoms with van der Waals surface area (Å²) in [4.78, 5) is 38.8. The van der Waals surface area contributed by atoms with Crippen molar-refractivity contribution in [3.05, 3.63) is 34.3 Å². The minimum atomic E-state index is -1.76. The van der Waals surface area contributed by atoms with Crippen LogP contribution in [0.3, 0.4) is 0 Å². The average molecular weight is 456 g/mol. The predicted molar refractivity (Wildman–Crippen MR) is 108 cm³/mol. The van der Waals surface area contributed by atoms with Gasteiger partial charge in [-0.25, -0.2) is 9.59 Å². The summed E-state index contributed by atoms with van der Waals surface area (Å²) < 4.78 is 11.5. The van der Waals surface area contributed by atoms with E-state index >= 15 is 0 Å². The molecule has 1 heterocycles. The first kappa shape index (κ1) is 21.6. The molecule has 8 heteroatoms. The van der Waals surface area contributed by atoms with E-state index in [1.165, 1.54) is 4.90 Å². The fourth-order valence-electron chi connectivity index (χ4n) is 2.94. The molecule has 1 aliphatic heterocycles. The second kappa shape index (κ2) is 8.14. The molecule has 0 radical (unpaired) electrons. The van der Waals surface area contributed by atoms with Gasteiger partial charge in [-0.2, -0.15) is 0 Å². The number of amides is 1. The third-order valence-corrected chi connectivity index (χ3v) is 7.35. The van der Waals surface area contributed by atoms with Gasteiger partial charge in [0.15, 0.2) is 12.4 Å². The summed E-state index contributed by atoms with van der Waals surface area (Å²) in [5, 5.41) is 0. The minimum Gasteiger partial charge on any atom is -0.456 e. The number of ether oxygens (including phenoxy) is 2. The molecule has 0 N–H and O–H groups in total. The number of carbonyl (C=O) groups is 3. The summed E-state index contributed by atoms with van der Waals surface area (Å²) in [5.74, 6) is -0.835. The second-order valence-corrected chi connectivity index (χ2v) is 14.5. The largest absolute Gasteiger partial charge is 0.456 e. The van der Waals surface area contributed by atoms with Crippen molar-refractivity contribution in [3.8, 4) is 0 Å². The average Bonchev–Trinajstić information content (AvgIpc) is 2.87. The number of rotatable bonds is 4. The Morgan fingerprint density at radius 3 is 2.33 bits per heavy atom. The van der Waals surface area contributed by atoms with Crippen LogP contribution in [0.4, 0.5) is 4.79 Å². The second-order valence-electron chi connectivity index (χ2n) is 8.53. The van der Waals surface area contributed by atoms with E-state index in [-0.39, 0.29) is 12.4 Å². The standard InChI is InChI=1S/C19H26BrNO5Si/c1-19(2,3)26-18(24)21-12-27(4,5)11-15(21)17(23)25-10-16(22)13-6-8-14(20)9-7-13/h6-9,15H,10-12H2,1-5H3/t15-/m0/s1. The molecule has 0 saturated carbocycles. The number of benzene rings is 1. The van der Waals surface area contributed by atoms with E-state index in [0.717, 1.165) is 4.47 Å². The highest BCUT2D eigenvalue weighted by Gasteiger charge is 2.47. The number of hydrogen-bond donors (Lipinski definition) is 0. The van der Waals surface area contributed by atoms with Crippen LogP contribution in [-0.2, 0) is 14.3 Å². The van der Waals surface area contributed by atoms with Crippen molar-refractivity contribution in [1.82, 2.24) is 4.90 Å². The number of hydrogen-bond acceptors (Lipinski definition) is 5. The first-order chi connectivity index (χ1) is 12.4. The van der Waals surface area contributed by atoms with Crippen molar-refractivity contribution >= 4 is 41.8 Å². The quantitative estimate of drug-likeness (QED) is 0.389. The first-order valence-corrected chi connectivity index (χ1v) is 13.0. The molecule has 2 rings (SSSR count). The van der Waals surface area contributed by atoms with Crippen LogP contribution in [0.5, 0.6) is 0 Å². The topological polar surface area (TPSA) is 72.9 Å². The van der Waals surface area contributed by atoms with E-state index in [4.69, 9.17) is 9.47 Å². The van der Waals surface area contributed by atoms with Crippen molar-refractivity contribution in [2.24, 2.45) is 0 Å². The van der Waals surface area contributed by atoms with Crippen LogP contribution in [0.2, 0.25) is 19.1 Å². The Hall–Kier alpha value is -1.67. The van der Waals surface area contributed by atoms with Crippen molar-refractivity contribution in [1.29, 1.82) is 0 Å². The van der Waals surface area contributed by atoms with Gasteiger partial charge in [0, 0.05) is 16.2 Å². The Morgan fingerprint density at radius 1 is 1.19 bits per heavy atom. The third-order valence-electron chi connectivity index (χ3n) is 4.13. The maximum Gasteiger partial charge on any atom is 0.410 e. The molecule has 0 unspecified atom stereocenters. The van der Waals surface area contributed by atoms with Crippen molar-refractivity contribution in [2.45, 2.75) is 51.6 Å². The molecule has 1 saturated heterocycles. The number of carbonyl (C=O) groups excluding carboxylic acids is 3. The van der Waals surface area contributed by atoms with Gasteiger partial charge in [-0.1, -0.05) is 41.2 Å². The fraction of sp³-hybridized carbons (Fsp3) is 0.526. The van der Waals surface area contributed by atoms with Gasteiger partial charge in [-0.3, -0.25) is 9.69 Å². The zero-order valence-corrected chi connectivity index (χ0v) is 19.0. The summed E-state index contributed by atoms with van der Waals surface area (Å²) in [5.41, 5.74) is -0.173. The molecule has 1 aromatic carbocycles. The van der Waals surface area contributed by atoms with Crippen LogP contribution in [0.25, 0.3) is 0 Å². The highest BCUT2D eigenvalue weighted by molar-refractivity contribution is 9.10. The third kappa shape index (κ3) is 6.17. The molecule has 0 aliphatic carbocycles. The molecule has 6 nitrogen and oxygen atoms in total. The Kier molecular flexibility index (Phi) is 6.52. The highest BCUT2D eigenvalue weighted by atomic mass is 79.9. The van der Waals surface area contributed by atoms with Gasteiger partial charge >= 0.3 is 12.1 Å². The normalized spacial score (nSPS) is 18.9. The first-order valence-electron chi connectivity index (χ1n) is 8.83. The maximum atomic E-state index is 12.6. The lowest BCUT2D eigenvalue weighted by molar-refractivity contribution is -0.147. The van der Waals surface area contributed by atoms with E-state index in [9.17, 15) is 14.4 Å². The van der Waals surface area contributed by atoms with Gasteiger partial charge in [0.2, 0.25) is 0 Å². The van der Waals surface area contributed by atoms with E-state index in [1.807, 2.05) is 0 Å². The van der Waals surface area contributed by atoms with Crippen LogP contribution >= 0.6 is 15.9 Å². The molecular formula is C19H26BrNO5Si. The number of Topliss-reactive ketones (excluding diaryl/α,β-unsaturated/α-hetero) is 1. The molecule has 27 heavy (non-hydrogen) atoms. The van der Waals surface area contributed by atoms with Gasteiger partial charge in [0.1, 0.15) is 11.6 Å². The smallest absolute Gasteiger partial charge is 0.410 e. The molecule has 1 fully saturated rings. The molecular weight excluding hydrogens is 430 g/mol. The molecule has 0 spiro atoms. The van der Waals surface area contributed by atoms with Crippen LogP contribution in [0, 0.1) is 0 Å². The molecule has 148 valence electrons. The Balaban J connectivity index is 2.02. The monoisotopic (exact) mass is 455 g/mol. The van der Waals surface area contributed by atoms with Crippen molar-refractivity contribution in [3.63, 3.8) is 0 Å². The van der Waals surface area contributed by atoms with E-state index in [2.05, 4.69) is 29.0 Å². The van der Waals surface area contributed by atoms with Crippen LogP contribution in [-0.4, -0.2) is 55.2 Å². The Bertz CT molecular complexity index is 727. The van der Waals surface area contributed by atoms with Crippen LogP contribution < -0.4 is 0 Å². The number of esters is 1. The van der Waals surface area contributed by atoms with Crippen molar-refractivity contribution < 1.29 is 23.9 Å². The van der Waals surface area contributed by atoms with Gasteiger partial charge in [-0.05, 0) is 38.9 Å². The zero-order chi connectivity index (χ0) is 20.4. The molecule has 0 bridgehead atoms. The molecule has 1 aliphatic rings. The van der Waals surface area contributed by atoms with E-state index < -0.39 is 31.8 Å². The SMILES string of the molecule is CC(C)(C)OC(=O)N1C[Si](C)(C)C[C@H]1C(=O)OCC(=O)c1ccc(Br)cc1. The summed E-state index contributed by atoms with van der Waals surface area (Å²) in [6.45, 7) is 9.24. The fourth-order valence-corrected chi connectivity index (χ4v) is 6.04. The van der Waals surface area contributed by atoms with Gasteiger partial charge in [-0.15, -0.1) is 0 Å². The summed E-state index contributed by atoms with van der Waals surface area (Å²) in [6, 6.07) is 6.74. The lowest BCUT2D eigenvalue weighted by Gasteiger charge is -2.28. The predicted octanol–water partition coefficient (Wildman–Crippen LogP) is 4.04. The summed E-state index contributed by atoms with van der Waals surface area (Å²) in [6.07, 6.45) is 0.0178. The zero-order valence-electron chi connectivity index (χ0n) is 16.4. The number of nitrogens with zero attached hydrogens (tertiary/aromatic N) is 1.